The lowest BCUT2D eigenvalue weighted by atomic mass is 9.83. The van der Waals surface area contributed by atoms with E-state index in [9.17, 15) is 9.59 Å². The van der Waals surface area contributed by atoms with Crippen LogP contribution >= 0.6 is 0 Å². The summed E-state index contributed by atoms with van der Waals surface area (Å²) in [6, 6.07) is 10.0. The molecule has 0 saturated carbocycles. The van der Waals surface area contributed by atoms with E-state index < -0.39 is 11.7 Å². The predicted molar refractivity (Wildman–Crippen MR) is 80.8 cm³/mol. The number of carbonyl (C=O) groups is 2. The molecule has 1 saturated heterocycles. The van der Waals surface area contributed by atoms with Crippen LogP contribution in [0.3, 0.4) is 0 Å². The molecule has 1 aromatic carbocycles. The molecule has 1 aromatic rings. The van der Waals surface area contributed by atoms with Crippen molar-refractivity contribution in [1.29, 1.82) is 0 Å². The van der Waals surface area contributed by atoms with Crippen LogP contribution in [0.15, 0.2) is 30.3 Å². The molecule has 2 rings (SSSR count). The molecule has 1 atom stereocenters. The van der Waals surface area contributed by atoms with Crippen LogP contribution in [0.25, 0.3) is 0 Å². The van der Waals surface area contributed by atoms with E-state index in [1.165, 1.54) is 10.5 Å². The summed E-state index contributed by atoms with van der Waals surface area (Å²) < 4.78 is 5.30. The van der Waals surface area contributed by atoms with Gasteiger partial charge in [-0.1, -0.05) is 37.3 Å². The Morgan fingerprint density at radius 2 is 1.90 bits per heavy atom. The van der Waals surface area contributed by atoms with Gasteiger partial charge in [-0.2, -0.15) is 0 Å². The summed E-state index contributed by atoms with van der Waals surface area (Å²) in [5.74, 6) is -0.150. The maximum atomic E-state index is 12.1. The lowest BCUT2D eigenvalue weighted by Gasteiger charge is -2.26. The zero-order valence-electron chi connectivity index (χ0n) is 13.2. The lowest BCUT2D eigenvalue weighted by molar-refractivity contribution is -0.127. The van der Waals surface area contributed by atoms with Gasteiger partial charge in [0.25, 0.3) is 0 Å². The quantitative estimate of drug-likeness (QED) is 0.838. The van der Waals surface area contributed by atoms with Crippen molar-refractivity contribution in [2.75, 3.05) is 6.54 Å². The zero-order chi connectivity index (χ0) is 15.7. The molecule has 1 unspecified atom stereocenters. The van der Waals surface area contributed by atoms with Crippen molar-refractivity contribution in [2.45, 2.75) is 46.1 Å². The van der Waals surface area contributed by atoms with E-state index in [0.717, 1.165) is 6.42 Å². The first-order valence-electron chi connectivity index (χ1n) is 7.26. The average Bonchev–Trinajstić information content (AvgIpc) is 2.64. The van der Waals surface area contributed by atoms with E-state index in [1.807, 2.05) is 37.3 Å². The van der Waals surface area contributed by atoms with E-state index in [2.05, 4.69) is 0 Å². The molecule has 4 heteroatoms. The van der Waals surface area contributed by atoms with Gasteiger partial charge < -0.3 is 4.74 Å². The third-order valence-corrected chi connectivity index (χ3v) is 3.51. The predicted octanol–water partition coefficient (Wildman–Crippen LogP) is 3.40. The molecule has 114 valence electrons. The van der Waals surface area contributed by atoms with Crippen LogP contribution in [0.1, 0.15) is 39.7 Å². The monoisotopic (exact) mass is 289 g/mol. The van der Waals surface area contributed by atoms with Crippen LogP contribution in [0.2, 0.25) is 0 Å². The fourth-order valence-corrected chi connectivity index (χ4v) is 2.68. The first kappa shape index (κ1) is 15.5. The summed E-state index contributed by atoms with van der Waals surface area (Å²) in [6.07, 6.45) is 0.615. The molecule has 0 aliphatic carbocycles. The minimum absolute atomic E-state index is 0.150. The third kappa shape index (κ3) is 4.06. The Kier molecular flexibility index (Phi) is 4.08. The maximum absolute atomic E-state index is 12.1. The SMILES string of the molecule is CC1(Cc2ccccc2)CC(=O)N(C(=O)OC(C)(C)C)C1. The van der Waals surface area contributed by atoms with Gasteiger partial charge in [-0.3, -0.25) is 4.79 Å². The molecule has 0 spiro atoms. The Hall–Kier alpha value is -1.84. The highest BCUT2D eigenvalue weighted by Crippen LogP contribution is 2.35. The van der Waals surface area contributed by atoms with Crippen LogP contribution in [0, 0.1) is 5.41 Å². The Morgan fingerprint density at radius 1 is 1.29 bits per heavy atom. The van der Waals surface area contributed by atoms with Crippen molar-refractivity contribution in [2.24, 2.45) is 5.41 Å². The molecule has 0 N–H and O–H groups in total. The zero-order valence-corrected chi connectivity index (χ0v) is 13.2. The smallest absolute Gasteiger partial charge is 0.417 e. The van der Waals surface area contributed by atoms with E-state index in [-0.39, 0.29) is 11.3 Å². The van der Waals surface area contributed by atoms with Crippen LogP contribution < -0.4 is 0 Å². The van der Waals surface area contributed by atoms with Crippen LogP contribution in [0.4, 0.5) is 4.79 Å². The largest absolute Gasteiger partial charge is 0.443 e. The number of carbonyl (C=O) groups excluding carboxylic acids is 2. The standard InChI is InChI=1S/C17H23NO3/c1-16(2,3)21-15(20)18-12-17(4,11-14(18)19)10-13-8-6-5-7-9-13/h5-9H,10-12H2,1-4H3. The van der Waals surface area contributed by atoms with Crippen molar-refractivity contribution < 1.29 is 14.3 Å². The summed E-state index contributed by atoms with van der Waals surface area (Å²) >= 11 is 0. The number of imide groups is 1. The van der Waals surface area contributed by atoms with Gasteiger partial charge in [0.2, 0.25) is 5.91 Å². The average molecular weight is 289 g/mol. The third-order valence-electron chi connectivity index (χ3n) is 3.51. The summed E-state index contributed by atoms with van der Waals surface area (Å²) in [5.41, 5.74) is 0.365. The van der Waals surface area contributed by atoms with Gasteiger partial charge in [-0.15, -0.1) is 0 Å². The number of hydrogen-bond donors (Lipinski definition) is 0. The van der Waals surface area contributed by atoms with Crippen LogP contribution in [0.5, 0.6) is 0 Å². The van der Waals surface area contributed by atoms with Gasteiger partial charge in [-0.25, -0.2) is 9.69 Å². The van der Waals surface area contributed by atoms with Gasteiger partial charge in [0.1, 0.15) is 5.60 Å². The lowest BCUT2D eigenvalue weighted by Crippen LogP contribution is -2.38. The molecule has 1 fully saturated rings. The van der Waals surface area contributed by atoms with Crippen LogP contribution in [-0.4, -0.2) is 29.0 Å². The number of nitrogens with zero attached hydrogens (tertiary/aromatic N) is 1. The van der Waals surface area contributed by atoms with Gasteiger partial charge in [0.15, 0.2) is 0 Å². The first-order chi connectivity index (χ1) is 9.69. The van der Waals surface area contributed by atoms with Crippen molar-refractivity contribution in [3.8, 4) is 0 Å². The molecular formula is C17H23NO3. The topological polar surface area (TPSA) is 46.6 Å². The van der Waals surface area contributed by atoms with Gasteiger partial charge >= 0.3 is 6.09 Å². The van der Waals surface area contributed by atoms with Crippen molar-refractivity contribution in [3.05, 3.63) is 35.9 Å². The molecule has 0 bridgehead atoms. The minimum atomic E-state index is -0.588. The highest BCUT2D eigenvalue weighted by Gasteiger charge is 2.43. The molecule has 1 aliphatic heterocycles. The Morgan fingerprint density at radius 3 is 2.48 bits per heavy atom. The molecule has 1 heterocycles. The fraction of sp³-hybridized carbons (Fsp3) is 0.529. The van der Waals surface area contributed by atoms with Gasteiger partial charge in [-0.05, 0) is 38.2 Å². The molecular weight excluding hydrogens is 266 g/mol. The summed E-state index contributed by atoms with van der Waals surface area (Å²) in [5, 5.41) is 0. The fourth-order valence-electron chi connectivity index (χ4n) is 2.68. The summed E-state index contributed by atoms with van der Waals surface area (Å²) in [6.45, 7) is 7.86. The van der Waals surface area contributed by atoms with Gasteiger partial charge in [0.05, 0.1) is 0 Å². The van der Waals surface area contributed by atoms with E-state index in [1.54, 1.807) is 20.8 Å². The van der Waals surface area contributed by atoms with E-state index in [0.29, 0.717) is 13.0 Å². The molecule has 4 nitrogen and oxygen atoms in total. The number of hydrogen-bond acceptors (Lipinski definition) is 3. The second kappa shape index (κ2) is 5.51. The molecule has 2 amide bonds. The minimum Gasteiger partial charge on any atom is -0.443 e. The van der Waals surface area contributed by atoms with Gasteiger partial charge in [0, 0.05) is 13.0 Å². The normalized spacial score (nSPS) is 22.5. The number of rotatable bonds is 2. The van der Waals surface area contributed by atoms with E-state index >= 15 is 0 Å². The van der Waals surface area contributed by atoms with Crippen molar-refractivity contribution in [3.63, 3.8) is 0 Å². The first-order valence-corrected chi connectivity index (χ1v) is 7.26. The number of amides is 2. The Balaban J connectivity index is 2.06. The number of benzene rings is 1. The van der Waals surface area contributed by atoms with Crippen LogP contribution in [-0.2, 0) is 16.0 Å². The van der Waals surface area contributed by atoms with Crippen molar-refractivity contribution in [1.82, 2.24) is 4.90 Å². The number of ether oxygens (including phenoxy) is 1. The summed E-state index contributed by atoms with van der Waals surface area (Å²) in [7, 11) is 0. The van der Waals surface area contributed by atoms with Crippen molar-refractivity contribution >= 4 is 12.0 Å². The molecule has 0 radical (unpaired) electrons. The number of likely N-dealkylation sites (tertiary alicyclic amines) is 1. The molecule has 0 aromatic heterocycles. The maximum Gasteiger partial charge on any atom is 0.417 e. The highest BCUT2D eigenvalue weighted by atomic mass is 16.6. The van der Waals surface area contributed by atoms with E-state index in [4.69, 9.17) is 4.74 Å². The summed E-state index contributed by atoms with van der Waals surface area (Å²) in [4.78, 5) is 25.5. The molecule has 1 aliphatic rings. The molecule has 21 heavy (non-hydrogen) atoms. The Bertz CT molecular complexity index is 533. The highest BCUT2D eigenvalue weighted by molar-refractivity contribution is 5.94. The second-order valence-corrected chi connectivity index (χ2v) is 7.11. The Labute approximate surface area is 126 Å². The second-order valence-electron chi connectivity index (χ2n) is 7.11.